The molecule has 0 spiro atoms. The summed E-state index contributed by atoms with van der Waals surface area (Å²) in [6.07, 6.45) is 0. The van der Waals surface area contributed by atoms with Crippen LogP contribution < -0.4 is 15.0 Å². The number of hydrogen-bond acceptors (Lipinski definition) is 4. The Balaban J connectivity index is 2.42. The first-order valence-corrected chi connectivity index (χ1v) is 7.43. The predicted octanol–water partition coefficient (Wildman–Crippen LogP) is 3.65. The molecule has 2 aromatic heterocycles. The largest absolute Gasteiger partial charge is 0.493 e. The number of hydrogen-bond donors (Lipinski definition) is 1. The zero-order valence-electron chi connectivity index (χ0n) is 12.8. The summed E-state index contributed by atoms with van der Waals surface area (Å²) in [5.41, 5.74) is 2.01. The molecule has 0 amide bonds. The SMILES string of the molecule is COc1cc2[nH]c(=O)c3cc(C)cc4c(Cl)nc(c1OC)c2c43. The number of methoxy groups -OCH3 is 2. The van der Waals surface area contributed by atoms with E-state index in [1.165, 1.54) is 0 Å². The van der Waals surface area contributed by atoms with Gasteiger partial charge in [-0.1, -0.05) is 11.6 Å². The number of halogens is 1. The van der Waals surface area contributed by atoms with Crippen LogP contribution in [0.3, 0.4) is 0 Å². The Morgan fingerprint density at radius 2 is 1.83 bits per heavy atom. The number of rotatable bonds is 2. The highest BCUT2D eigenvalue weighted by molar-refractivity contribution is 6.38. The van der Waals surface area contributed by atoms with Crippen LogP contribution in [0, 0.1) is 6.92 Å². The van der Waals surface area contributed by atoms with Crippen molar-refractivity contribution in [3.05, 3.63) is 39.3 Å². The van der Waals surface area contributed by atoms with E-state index in [-0.39, 0.29) is 5.56 Å². The van der Waals surface area contributed by atoms with E-state index in [1.807, 2.05) is 19.1 Å². The number of H-pyrrole nitrogens is 1. The normalized spacial score (nSPS) is 11.7. The minimum Gasteiger partial charge on any atom is -0.493 e. The van der Waals surface area contributed by atoms with Crippen molar-refractivity contribution in [3.8, 4) is 11.5 Å². The molecule has 0 aliphatic heterocycles. The smallest absolute Gasteiger partial charge is 0.256 e. The lowest BCUT2D eigenvalue weighted by Crippen LogP contribution is -2.09. The van der Waals surface area contributed by atoms with Gasteiger partial charge < -0.3 is 14.5 Å². The molecule has 0 radical (unpaired) electrons. The Bertz CT molecular complexity index is 1130. The maximum atomic E-state index is 12.5. The van der Waals surface area contributed by atoms with Gasteiger partial charge in [0, 0.05) is 27.6 Å². The van der Waals surface area contributed by atoms with Crippen molar-refractivity contribution < 1.29 is 9.47 Å². The predicted molar refractivity (Wildman–Crippen MR) is 91.4 cm³/mol. The number of aromatic nitrogens is 2. The summed E-state index contributed by atoms with van der Waals surface area (Å²) < 4.78 is 10.8. The lowest BCUT2D eigenvalue weighted by Gasteiger charge is -2.16. The Morgan fingerprint density at radius 3 is 2.52 bits per heavy atom. The summed E-state index contributed by atoms with van der Waals surface area (Å²) in [5, 5.41) is 3.30. The monoisotopic (exact) mass is 328 g/mol. The van der Waals surface area contributed by atoms with Gasteiger partial charge in [-0.2, -0.15) is 0 Å². The molecule has 2 heterocycles. The van der Waals surface area contributed by atoms with Crippen molar-refractivity contribution in [1.29, 1.82) is 0 Å². The first kappa shape index (κ1) is 14.1. The maximum absolute atomic E-state index is 12.5. The van der Waals surface area contributed by atoms with E-state index >= 15 is 0 Å². The van der Waals surface area contributed by atoms with Gasteiger partial charge in [0.05, 0.1) is 19.7 Å². The lowest BCUT2D eigenvalue weighted by atomic mass is 9.98. The molecule has 1 N–H and O–H groups in total. The fraction of sp³-hybridized carbons (Fsp3) is 0.176. The van der Waals surface area contributed by atoms with Crippen molar-refractivity contribution in [2.45, 2.75) is 6.92 Å². The third kappa shape index (κ3) is 1.80. The fourth-order valence-corrected chi connectivity index (χ4v) is 3.41. The Labute approximate surface area is 136 Å². The summed E-state index contributed by atoms with van der Waals surface area (Å²) in [7, 11) is 3.09. The second-order valence-electron chi connectivity index (χ2n) is 5.48. The van der Waals surface area contributed by atoms with Crippen LogP contribution in [0.25, 0.3) is 32.6 Å². The Kier molecular flexibility index (Phi) is 2.90. The highest BCUT2D eigenvalue weighted by atomic mass is 35.5. The molecule has 5 nitrogen and oxygen atoms in total. The molecule has 0 unspecified atom stereocenters. The van der Waals surface area contributed by atoms with Gasteiger partial charge in [0.25, 0.3) is 5.56 Å². The molecule has 0 aliphatic rings. The van der Waals surface area contributed by atoms with E-state index in [2.05, 4.69) is 9.97 Å². The number of ether oxygens (including phenoxy) is 2. The van der Waals surface area contributed by atoms with Crippen LogP contribution in [0.5, 0.6) is 11.5 Å². The molecule has 4 rings (SSSR count). The molecule has 6 heteroatoms. The molecule has 0 saturated carbocycles. The molecule has 0 bridgehead atoms. The third-order valence-electron chi connectivity index (χ3n) is 4.10. The zero-order valence-corrected chi connectivity index (χ0v) is 13.5. The van der Waals surface area contributed by atoms with Gasteiger partial charge in [-0.3, -0.25) is 4.79 Å². The molecular weight excluding hydrogens is 316 g/mol. The first-order valence-electron chi connectivity index (χ1n) is 7.05. The topological polar surface area (TPSA) is 64.2 Å². The van der Waals surface area contributed by atoms with Crippen molar-refractivity contribution in [1.82, 2.24) is 9.97 Å². The fourth-order valence-electron chi connectivity index (χ4n) is 3.18. The van der Waals surface area contributed by atoms with Gasteiger partial charge in [-0.15, -0.1) is 0 Å². The highest BCUT2D eigenvalue weighted by Gasteiger charge is 2.21. The number of pyridine rings is 2. The van der Waals surface area contributed by atoms with E-state index in [0.29, 0.717) is 33.1 Å². The van der Waals surface area contributed by atoms with Crippen molar-refractivity contribution in [3.63, 3.8) is 0 Å². The van der Waals surface area contributed by atoms with Crippen molar-refractivity contribution >= 4 is 44.2 Å². The first-order chi connectivity index (χ1) is 11.0. The Morgan fingerprint density at radius 1 is 1.09 bits per heavy atom. The van der Waals surface area contributed by atoms with Crippen LogP contribution in [0.15, 0.2) is 23.0 Å². The zero-order chi connectivity index (χ0) is 16.3. The van der Waals surface area contributed by atoms with Gasteiger partial charge in [0.2, 0.25) is 0 Å². The summed E-state index contributed by atoms with van der Waals surface area (Å²) in [5.74, 6) is 0.992. The number of nitrogens with zero attached hydrogens (tertiary/aromatic N) is 1. The second kappa shape index (κ2) is 4.73. The molecule has 2 aromatic carbocycles. The van der Waals surface area contributed by atoms with E-state index < -0.39 is 0 Å². The van der Waals surface area contributed by atoms with Gasteiger partial charge in [0.1, 0.15) is 10.7 Å². The van der Waals surface area contributed by atoms with Gasteiger partial charge in [-0.25, -0.2) is 4.98 Å². The van der Waals surface area contributed by atoms with Crippen molar-refractivity contribution in [2.24, 2.45) is 0 Å². The van der Waals surface area contributed by atoms with E-state index in [9.17, 15) is 4.79 Å². The van der Waals surface area contributed by atoms with Gasteiger partial charge in [-0.05, 0) is 24.6 Å². The molecule has 4 aromatic rings. The number of aryl methyl sites for hydroxylation is 1. The molecule has 0 aliphatic carbocycles. The van der Waals surface area contributed by atoms with Gasteiger partial charge in [0.15, 0.2) is 11.5 Å². The third-order valence-corrected chi connectivity index (χ3v) is 4.39. The minimum absolute atomic E-state index is 0.165. The number of benzene rings is 2. The average molecular weight is 329 g/mol. The quantitative estimate of drug-likeness (QED) is 0.450. The molecule has 0 atom stereocenters. The van der Waals surface area contributed by atoms with Crippen LogP contribution >= 0.6 is 11.6 Å². The number of aromatic amines is 1. The second-order valence-corrected chi connectivity index (χ2v) is 5.83. The van der Waals surface area contributed by atoms with Crippen LogP contribution in [0.1, 0.15) is 5.56 Å². The van der Waals surface area contributed by atoms with E-state index in [1.54, 1.807) is 20.3 Å². The van der Waals surface area contributed by atoms with Gasteiger partial charge >= 0.3 is 0 Å². The highest BCUT2D eigenvalue weighted by Crippen LogP contribution is 2.42. The summed E-state index contributed by atoms with van der Waals surface area (Å²) in [6, 6.07) is 5.54. The number of nitrogens with one attached hydrogen (secondary N) is 1. The minimum atomic E-state index is -0.165. The molecule has 23 heavy (non-hydrogen) atoms. The standard InChI is InChI=1S/C17H13ClN2O3/c1-7-4-8-12-9(5-7)17(21)19-10-6-11(22-2)15(23-3)14(13(10)12)20-16(8)18/h4-6H,1-3H3,(H,19,21). The molecule has 116 valence electrons. The summed E-state index contributed by atoms with van der Waals surface area (Å²) in [6.45, 7) is 1.92. The van der Waals surface area contributed by atoms with E-state index in [0.717, 1.165) is 21.7 Å². The van der Waals surface area contributed by atoms with Crippen molar-refractivity contribution in [2.75, 3.05) is 14.2 Å². The molecule has 0 saturated heterocycles. The van der Waals surface area contributed by atoms with Crippen LogP contribution in [-0.2, 0) is 0 Å². The average Bonchev–Trinajstić information content (AvgIpc) is 2.53. The lowest BCUT2D eigenvalue weighted by molar-refractivity contribution is 0.358. The van der Waals surface area contributed by atoms with E-state index in [4.69, 9.17) is 21.1 Å². The molecular formula is C17H13ClN2O3. The Hall–Kier alpha value is -2.53. The van der Waals surface area contributed by atoms with Crippen LogP contribution in [-0.4, -0.2) is 24.2 Å². The summed E-state index contributed by atoms with van der Waals surface area (Å²) >= 11 is 6.39. The van der Waals surface area contributed by atoms with Crippen LogP contribution in [0.4, 0.5) is 0 Å². The maximum Gasteiger partial charge on any atom is 0.256 e. The summed E-state index contributed by atoms with van der Waals surface area (Å²) in [4.78, 5) is 19.9. The van der Waals surface area contributed by atoms with Crippen LogP contribution in [0.2, 0.25) is 5.15 Å². The molecule has 0 fully saturated rings.